The standard InChI is InChI=1S/C18H22N2O/c1-13(2)15-9-6-10-16(12-15)20-18(21)17(19)11-14-7-4-3-5-8-14/h3-10,12-13,17H,11,19H2,1-2H3,(H,20,21). The number of nitrogens with two attached hydrogens (primary N) is 1. The molecule has 0 aliphatic rings. The number of hydrogen-bond donors (Lipinski definition) is 2. The Morgan fingerprint density at radius 3 is 2.48 bits per heavy atom. The molecule has 110 valence electrons. The van der Waals surface area contributed by atoms with E-state index in [1.165, 1.54) is 5.56 Å². The third-order valence-corrected chi connectivity index (χ3v) is 3.46. The first-order valence-corrected chi connectivity index (χ1v) is 7.26. The third kappa shape index (κ3) is 4.43. The summed E-state index contributed by atoms with van der Waals surface area (Å²) in [4.78, 5) is 12.2. The van der Waals surface area contributed by atoms with Gasteiger partial charge in [0.15, 0.2) is 0 Å². The van der Waals surface area contributed by atoms with Crippen LogP contribution in [0, 0.1) is 0 Å². The van der Waals surface area contributed by atoms with E-state index in [0.29, 0.717) is 12.3 Å². The molecule has 0 saturated carbocycles. The molecule has 0 fully saturated rings. The van der Waals surface area contributed by atoms with Crippen LogP contribution in [0.1, 0.15) is 30.9 Å². The Morgan fingerprint density at radius 2 is 1.81 bits per heavy atom. The first-order chi connectivity index (χ1) is 10.1. The maximum Gasteiger partial charge on any atom is 0.241 e. The Bertz CT molecular complexity index is 593. The maximum absolute atomic E-state index is 12.2. The largest absolute Gasteiger partial charge is 0.325 e. The number of hydrogen-bond acceptors (Lipinski definition) is 2. The number of benzene rings is 2. The normalized spacial score (nSPS) is 12.2. The van der Waals surface area contributed by atoms with Crippen LogP contribution >= 0.6 is 0 Å². The highest BCUT2D eigenvalue weighted by molar-refractivity contribution is 5.94. The predicted molar refractivity (Wildman–Crippen MR) is 87.3 cm³/mol. The zero-order valence-corrected chi connectivity index (χ0v) is 12.5. The van der Waals surface area contributed by atoms with Crippen LogP contribution < -0.4 is 11.1 Å². The molecule has 21 heavy (non-hydrogen) atoms. The predicted octanol–water partition coefficient (Wildman–Crippen LogP) is 3.32. The Morgan fingerprint density at radius 1 is 1.10 bits per heavy atom. The first-order valence-electron chi connectivity index (χ1n) is 7.26. The molecule has 1 amide bonds. The van der Waals surface area contributed by atoms with E-state index in [4.69, 9.17) is 5.73 Å². The third-order valence-electron chi connectivity index (χ3n) is 3.46. The fourth-order valence-corrected chi connectivity index (χ4v) is 2.17. The van der Waals surface area contributed by atoms with E-state index in [-0.39, 0.29) is 5.91 Å². The van der Waals surface area contributed by atoms with Gasteiger partial charge in [-0.15, -0.1) is 0 Å². The van der Waals surface area contributed by atoms with Crippen molar-refractivity contribution in [2.75, 3.05) is 5.32 Å². The van der Waals surface area contributed by atoms with Gasteiger partial charge in [-0.05, 0) is 35.6 Å². The van der Waals surface area contributed by atoms with Gasteiger partial charge in [-0.2, -0.15) is 0 Å². The Hall–Kier alpha value is -2.13. The van der Waals surface area contributed by atoms with E-state index in [9.17, 15) is 4.79 Å². The molecule has 0 saturated heterocycles. The Labute approximate surface area is 126 Å². The van der Waals surface area contributed by atoms with Crippen LogP contribution in [0.4, 0.5) is 5.69 Å². The molecule has 0 aromatic heterocycles. The highest BCUT2D eigenvalue weighted by Gasteiger charge is 2.14. The molecule has 3 nitrogen and oxygen atoms in total. The van der Waals surface area contributed by atoms with E-state index < -0.39 is 6.04 Å². The number of anilines is 1. The van der Waals surface area contributed by atoms with Crippen LogP contribution in [0.15, 0.2) is 54.6 Å². The minimum atomic E-state index is -0.546. The van der Waals surface area contributed by atoms with Crippen molar-refractivity contribution in [3.05, 3.63) is 65.7 Å². The van der Waals surface area contributed by atoms with Gasteiger partial charge >= 0.3 is 0 Å². The molecule has 1 atom stereocenters. The number of nitrogens with one attached hydrogen (secondary N) is 1. The summed E-state index contributed by atoms with van der Waals surface area (Å²) in [7, 11) is 0. The van der Waals surface area contributed by atoms with Crippen molar-refractivity contribution in [1.82, 2.24) is 0 Å². The summed E-state index contributed by atoms with van der Waals surface area (Å²) >= 11 is 0. The second-order valence-electron chi connectivity index (χ2n) is 5.57. The van der Waals surface area contributed by atoms with E-state index in [1.54, 1.807) is 0 Å². The molecule has 2 aromatic carbocycles. The summed E-state index contributed by atoms with van der Waals surface area (Å²) in [5.74, 6) is 0.277. The van der Waals surface area contributed by atoms with Gasteiger partial charge in [0.05, 0.1) is 6.04 Å². The van der Waals surface area contributed by atoms with Gasteiger partial charge in [-0.25, -0.2) is 0 Å². The number of carbonyl (C=O) groups excluding carboxylic acids is 1. The van der Waals surface area contributed by atoms with Gasteiger partial charge in [0.25, 0.3) is 0 Å². The van der Waals surface area contributed by atoms with Crippen molar-refractivity contribution in [2.45, 2.75) is 32.2 Å². The molecule has 0 bridgehead atoms. The second kappa shape index (κ2) is 7.04. The van der Waals surface area contributed by atoms with Crippen molar-refractivity contribution in [2.24, 2.45) is 5.73 Å². The van der Waals surface area contributed by atoms with Crippen molar-refractivity contribution in [3.8, 4) is 0 Å². The lowest BCUT2D eigenvalue weighted by atomic mass is 10.0. The summed E-state index contributed by atoms with van der Waals surface area (Å²) < 4.78 is 0. The maximum atomic E-state index is 12.2. The molecule has 0 aliphatic heterocycles. The Balaban J connectivity index is 1.99. The van der Waals surface area contributed by atoms with E-state index in [0.717, 1.165) is 11.3 Å². The molecule has 2 rings (SSSR count). The summed E-state index contributed by atoms with van der Waals surface area (Å²) in [6.45, 7) is 4.25. The second-order valence-corrected chi connectivity index (χ2v) is 5.57. The van der Waals surface area contributed by atoms with Crippen molar-refractivity contribution in [3.63, 3.8) is 0 Å². The van der Waals surface area contributed by atoms with Crippen molar-refractivity contribution >= 4 is 11.6 Å². The molecule has 2 aromatic rings. The fourth-order valence-electron chi connectivity index (χ4n) is 2.17. The fraction of sp³-hybridized carbons (Fsp3) is 0.278. The topological polar surface area (TPSA) is 55.1 Å². The molecule has 1 unspecified atom stereocenters. The molecular formula is C18H22N2O. The van der Waals surface area contributed by atoms with Gasteiger partial charge in [-0.3, -0.25) is 4.79 Å². The first kappa shape index (κ1) is 15.3. The minimum Gasteiger partial charge on any atom is -0.325 e. The molecule has 0 aliphatic carbocycles. The summed E-state index contributed by atoms with van der Waals surface area (Å²) in [5.41, 5.74) is 9.05. The molecule has 0 spiro atoms. The summed E-state index contributed by atoms with van der Waals surface area (Å²) in [5, 5.41) is 2.89. The highest BCUT2D eigenvalue weighted by atomic mass is 16.2. The molecule has 0 heterocycles. The Kier molecular flexibility index (Phi) is 5.12. The lowest BCUT2D eigenvalue weighted by Crippen LogP contribution is -2.37. The minimum absolute atomic E-state index is 0.153. The average molecular weight is 282 g/mol. The van der Waals surface area contributed by atoms with Crippen molar-refractivity contribution in [1.29, 1.82) is 0 Å². The van der Waals surface area contributed by atoms with Crippen LogP contribution in [0.25, 0.3) is 0 Å². The SMILES string of the molecule is CC(C)c1cccc(NC(=O)C(N)Cc2ccccc2)c1. The van der Waals surface area contributed by atoms with Gasteiger partial charge in [0, 0.05) is 5.69 Å². The zero-order valence-electron chi connectivity index (χ0n) is 12.5. The van der Waals surface area contributed by atoms with Gasteiger partial charge < -0.3 is 11.1 Å². The van der Waals surface area contributed by atoms with Crippen LogP contribution in [-0.4, -0.2) is 11.9 Å². The highest BCUT2D eigenvalue weighted by Crippen LogP contribution is 2.18. The molecular weight excluding hydrogens is 260 g/mol. The quantitative estimate of drug-likeness (QED) is 0.884. The van der Waals surface area contributed by atoms with E-state index in [1.807, 2.05) is 48.5 Å². The van der Waals surface area contributed by atoms with Crippen LogP contribution in [0.3, 0.4) is 0 Å². The van der Waals surface area contributed by atoms with Crippen LogP contribution in [0.5, 0.6) is 0 Å². The summed E-state index contributed by atoms with van der Waals surface area (Å²) in [6, 6.07) is 17.2. The van der Waals surface area contributed by atoms with Gasteiger partial charge in [-0.1, -0.05) is 56.3 Å². The number of amides is 1. The van der Waals surface area contributed by atoms with E-state index >= 15 is 0 Å². The smallest absolute Gasteiger partial charge is 0.241 e. The van der Waals surface area contributed by atoms with E-state index in [2.05, 4.69) is 25.2 Å². The van der Waals surface area contributed by atoms with Crippen molar-refractivity contribution < 1.29 is 4.79 Å². The molecule has 3 N–H and O–H groups in total. The lowest BCUT2D eigenvalue weighted by Gasteiger charge is -2.14. The average Bonchev–Trinajstić information content (AvgIpc) is 2.48. The van der Waals surface area contributed by atoms with Gasteiger partial charge in [0.1, 0.15) is 0 Å². The summed E-state index contributed by atoms with van der Waals surface area (Å²) in [6.07, 6.45) is 0.538. The number of rotatable bonds is 5. The van der Waals surface area contributed by atoms with Crippen LogP contribution in [0.2, 0.25) is 0 Å². The number of carbonyl (C=O) groups is 1. The molecule has 0 radical (unpaired) electrons. The zero-order chi connectivity index (χ0) is 15.2. The lowest BCUT2D eigenvalue weighted by molar-refractivity contribution is -0.117. The monoisotopic (exact) mass is 282 g/mol. The van der Waals surface area contributed by atoms with Crippen LogP contribution in [-0.2, 0) is 11.2 Å². The molecule has 3 heteroatoms. The van der Waals surface area contributed by atoms with Gasteiger partial charge in [0.2, 0.25) is 5.91 Å².